The molecule has 1 aliphatic heterocycles. The number of anilines is 2. The fraction of sp³-hybridized carbons (Fsp3) is 0.200. The number of benzene rings is 2. The lowest BCUT2D eigenvalue weighted by atomic mass is 9.90. The minimum absolute atomic E-state index is 0.0778. The first kappa shape index (κ1) is 17.8. The standard InChI is InChI=1S/C20H17ClN2O3S/c1-22-19-18(27-20(22)25)16(12-5-3-8-15(9-12)26-2)11-17(24)23(19)14-7-4-6-13(21)10-14/h3-10,16H,11H2,1-2H3. The van der Waals surface area contributed by atoms with Gasteiger partial charge >= 0.3 is 4.87 Å². The van der Waals surface area contributed by atoms with Crippen LogP contribution < -0.4 is 14.5 Å². The maximum absolute atomic E-state index is 13.1. The summed E-state index contributed by atoms with van der Waals surface area (Å²) in [7, 11) is 3.30. The molecule has 1 aliphatic rings. The molecule has 2 heterocycles. The van der Waals surface area contributed by atoms with Crippen LogP contribution >= 0.6 is 22.9 Å². The average Bonchev–Trinajstić information content (AvgIpc) is 2.96. The van der Waals surface area contributed by atoms with Crippen molar-refractivity contribution in [3.05, 3.63) is 73.7 Å². The van der Waals surface area contributed by atoms with Gasteiger partial charge in [-0.15, -0.1) is 0 Å². The van der Waals surface area contributed by atoms with E-state index < -0.39 is 0 Å². The van der Waals surface area contributed by atoms with E-state index in [2.05, 4.69) is 0 Å². The Kier molecular flexibility index (Phi) is 4.53. The Labute approximate surface area is 165 Å². The van der Waals surface area contributed by atoms with E-state index in [0.29, 0.717) is 16.5 Å². The van der Waals surface area contributed by atoms with Gasteiger partial charge in [0.05, 0.1) is 17.7 Å². The van der Waals surface area contributed by atoms with E-state index in [4.69, 9.17) is 16.3 Å². The highest BCUT2D eigenvalue weighted by atomic mass is 35.5. The molecule has 1 aromatic heterocycles. The van der Waals surface area contributed by atoms with Crippen molar-refractivity contribution in [2.45, 2.75) is 12.3 Å². The van der Waals surface area contributed by atoms with E-state index >= 15 is 0 Å². The van der Waals surface area contributed by atoms with Crippen molar-refractivity contribution in [1.82, 2.24) is 4.57 Å². The summed E-state index contributed by atoms with van der Waals surface area (Å²) in [6, 6.07) is 14.7. The van der Waals surface area contributed by atoms with Crippen LogP contribution in [0, 0.1) is 0 Å². The second-order valence-corrected chi connectivity index (χ2v) is 7.79. The second kappa shape index (κ2) is 6.87. The summed E-state index contributed by atoms with van der Waals surface area (Å²) in [4.78, 5) is 27.9. The number of rotatable bonds is 3. The van der Waals surface area contributed by atoms with Crippen LogP contribution in [0.15, 0.2) is 53.3 Å². The number of carbonyl (C=O) groups is 1. The van der Waals surface area contributed by atoms with E-state index in [1.807, 2.05) is 30.3 Å². The minimum Gasteiger partial charge on any atom is -0.497 e. The van der Waals surface area contributed by atoms with Crippen LogP contribution in [0.4, 0.5) is 11.5 Å². The summed E-state index contributed by atoms with van der Waals surface area (Å²) in [5.41, 5.74) is 1.61. The molecule has 3 aromatic rings. The van der Waals surface area contributed by atoms with Crippen LogP contribution in [0.1, 0.15) is 22.8 Å². The van der Waals surface area contributed by atoms with Crippen LogP contribution in [0.2, 0.25) is 5.02 Å². The van der Waals surface area contributed by atoms with Gasteiger partial charge in [-0.2, -0.15) is 0 Å². The largest absolute Gasteiger partial charge is 0.497 e. The topological polar surface area (TPSA) is 51.5 Å². The average molecular weight is 401 g/mol. The molecule has 0 bridgehead atoms. The number of halogens is 1. The van der Waals surface area contributed by atoms with Gasteiger partial charge in [0.15, 0.2) is 0 Å². The third-order valence-electron chi connectivity index (χ3n) is 4.73. The fourth-order valence-corrected chi connectivity index (χ4v) is 4.71. The lowest BCUT2D eigenvalue weighted by Gasteiger charge is -2.32. The zero-order chi connectivity index (χ0) is 19.1. The van der Waals surface area contributed by atoms with Crippen molar-refractivity contribution >= 4 is 40.4 Å². The number of thiazole rings is 1. The second-order valence-electron chi connectivity index (χ2n) is 6.36. The molecule has 0 saturated heterocycles. The van der Waals surface area contributed by atoms with Crippen LogP contribution in [0.5, 0.6) is 5.75 Å². The number of ether oxygens (including phenoxy) is 1. The Hall–Kier alpha value is -2.57. The van der Waals surface area contributed by atoms with E-state index in [0.717, 1.165) is 16.2 Å². The molecule has 1 amide bonds. The number of amides is 1. The summed E-state index contributed by atoms with van der Waals surface area (Å²) in [5, 5.41) is 0.539. The van der Waals surface area contributed by atoms with Gasteiger partial charge in [0, 0.05) is 24.4 Å². The quantitative estimate of drug-likeness (QED) is 0.658. The molecule has 4 rings (SSSR count). The van der Waals surface area contributed by atoms with Gasteiger partial charge in [0.25, 0.3) is 0 Å². The third-order valence-corrected chi connectivity index (χ3v) is 6.10. The molecule has 2 aromatic carbocycles. The summed E-state index contributed by atoms with van der Waals surface area (Å²) in [5.74, 6) is 1.07. The molecule has 0 saturated carbocycles. The van der Waals surface area contributed by atoms with Gasteiger partial charge < -0.3 is 4.74 Å². The number of aromatic nitrogens is 1. The Morgan fingerprint density at radius 3 is 2.67 bits per heavy atom. The van der Waals surface area contributed by atoms with Gasteiger partial charge in [0.1, 0.15) is 11.6 Å². The van der Waals surface area contributed by atoms with Crippen LogP contribution in [-0.4, -0.2) is 17.6 Å². The molecular weight excluding hydrogens is 384 g/mol. The first-order chi connectivity index (χ1) is 13.0. The summed E-state index contributed by atoms with van der Waals surface area (Å²) < 4.78 is 6.85. The van der Waals surface area contributed by atoms with Gasteiger partial charge in [-0.1, -0.05) is 41.1 Å². The Morgan fingerprint density at radius 1 is 1.15 bits per heavy atom. The Balaban J connectivity index is 1.89. The highest BCUT2D eigenvalue weighted by Crippen LogP contribution is 2.45. The number of nitrogens with zero attached hydrogens (tertiary/aromatic N) is 2. The lowest BCUT2D eigenvalue weighted by molar-refractivity contribution is -0.118. The molecule has 0 aliphatic carbocycles. The number of fused-ring (bicyclic) bond motifs is 1. The first-order valence-electron chi connectivity index (χ1n) is 8.41. The maximum atomic E-state index is 13.1. The van der Waals surface area contributed by atoms with E-state index in [1.165, 1.54) is 15.9 Å². The minimum atomic E-state index is -0.183. The zero-order valence-corrected chi connectivity index (χ0v) is 16.4. The predicted octanol–water partition coefficient (Wildman–Crippen LogP) is 4.31. The maximum Gasteiger partial charge on any atom is 0.308 e. The predicted molar refractivity (Wildman–Crippen MR) is 108 cm³/mol. The highest BCUT2D eigenvalue weighted by molar-refractivity contribution is 7.10. The number of hydrogen-bond donors (Lipinski definition) is 0. The monoisotopic (exact) mass is 400 g/mol. The van der Waals surface area contributed by atoms with Gasteiger partial charge in [-0.05, 0) is 35.9 Å². The summed E-state index contributed by atoms with van der Waals surface area (Å²) in [6.07, 6.45) is 0.270. The molecule has 0 fully saturated rings. The molecule has 138 valence electrons. The SMILES string of the molecule is COc1cccc(C2CC(=O)N(c3cccc(Cl)c3)c3c2sc(=O)n3C)c1. The molecular formula is C20H17ClN2O3S. The Morgan fingerprint density at radius 2 is 1.93 bits per heavy atom. The summed E-state index contributed by atoms with van der Waals surface area (Å²) >= 11 is 7.30. The molecule has 0 N–H and O–H groups in total. The molecule has 1 unspecified atom stereocenters. The third kappa shape index (κ3) is 3.05. The molecule has 1 atom stereocenters. The smallest absolute Gasteiger partial charge is 0.308 e. The van der Waals surface area contributed by atoms with Crippen molar-refractivity contribution < 1.29 is 9.53 Å². The molecule has 0 spiro atoms. The normalized spacial score (nSPS) is 16.3. The van der Waals surface area contributed by atoms with Crippen molar-refractivity contribution in [3.8, 4) is 5.75 Å². The van der Waals surface area contributed by atoms with Crippen LogP contribution in [0.25, 0.3) is 0 Å². The number of carbonyl (C=O) groups excluding carboxylic acids is 1. The molecule has 5 nitrogen and oxygen atoms in total. The zero-order valence-electron chi connectivity index (χ0n) is 14.8. The van der Waals surface area contributed by atoms with E-state index in [9.17, 15) is 9.59 Å². The Bertz CT molecular complexity index is 1090. The summed E-state index contributed by atoms with van der Waals surface area (Å²) in [6.45, 7) is 0. The highest BCUT2D eigenvalue weighted by Gasteiger charge is 2.37. The molecule has 0 radical (unpaired) electrons. The van der Waals surface area contributed by atoms with Crippen LogP contribution in [-0.2, 0) is 11.8 Å². The number of hydrogen-bond acceptors (Lipinski definition) is 4. The van der Waals surface area contributed by atoms with Gasteiger partial charge in [-0.3, -0.25) is 19.1 Å². The first-order valence-corrected chi connectivity index (χ1v) is 9.61. The lowest BCUT2D eigenvalue weighted by Crippen LogP contribution is -2.34. The van der Waals surface area contributed by atoms with Crippen molar-refractivity contribution in [2.75, 3.05) is 12.0 Å². The fourth-order valence-electron chi connectivity index (χ4n) is 3.43. The van der Waals surface area contributed by atoms with Crippen molar-refractivity contribution in [2.24, 2.45) is 7.05 Å². The number of methoxy groups -OCH3 is 1. The van der Waals surface area contributed by atoms with Crippen LogP contribution in [0.3, 0.4) is 0 Å². The molecule has 7 heteroatoms. The molecule has 27 heavy (non-hydrogen) atoms. The van der Waals surface area contributed by atoms with Gasteiger partial charge in [-0.25, -0.2) is 0 Å². The van der Waals surface area contributed by atoms with E-state index in [1.54, 1.807) is 37.3 Å². The van der Waals surface area contributed by atoms with Crippen molar-refractivity contribution in [3.63, 3.8) is 0 Å². The van der Waals surface area contributed by atoms with Gasteiger partial charge in [0.2, 0.25) is 5.91 Å². The van der Waals surface area contributed by atoms with Crippen molar-refractivity contribution in [1.29, 1.82) is 0 Å². The van der Waals surface area contributed by atoms with E-state index in [-0.39, 0.29) is 23.1 Å².